The number of nitrogens with one attached hydrogen (secondary N) is 1. The van der Waals surface area contributed by atoms with Crippen molar-refractivity contribution in [3.8, 4) is 11.6 Å². The number of nitrogens with two attached hydrogens (primary N) is 1. The van der Waals surface area contributed by atoms with Crippen LogP contribution in [0.4, 0.5) is 0 Å². The maximum absolute atomic E-state index is 11.8. The molecule has 27 heavy (non-hydrogen) atoms. The molecule has 2 aliphatic rings. The molecular weight excluding hydrogens is 350 g/mol. The van der Waals surface area contributed by atoms with Crippen molar-refractivity contribution in [2.45, 2.75) is 18.9 Å². The molecule has 0 spiro atoms. The maximum Gasteiger partial charge on any atom is 0.252 e. The van der Waals surface area contributed by atoms with Crippen LogP contribution in [0, 0.1) is 5.92 Å². The van der Waals surface area contributed by atoms with Crippen molar-refractivity contribution in [2.75, 3.05) is 26.4 Å². The number of hydrogen-bond acceptors (Lipinski definition) is 6. The second-order valence-electron chi connectivity index (χ2n) is 6.75. The molecule has 2 atom stereocenters. The lowest BCUT2D eigenvalue weighted by Crippen LogP contribution is -2.35. The molecule has 0 aliphatic carbocycles. The molecule has 1 fully saturated rings. The number of carbonyl (C=O) groups is 2. The van der Waals surface area contributed by atoms with Crippen molar-refractivity contribution >= 4 is 22.6 Å². The monoisotopic (exact) mass is 371 g/mol. The van der Waals surface area contributed by atoms with Gasteiger partial charge in [0.2, 0.25) is 11.8 Å². The first-order chi connectivity index (χ1) is 13.1. The minimum absolute atomic E-state index is 0.0283. The van der Waals surface area contributed by atoms with Crippen LogP contribution in [-0.4, -0.2) is 49.3 Å². The van der Waals surface area contributed by atoms with Crippen molar-refractivity contribution in [2.24, 2.45) is 11.7 Å². The number of amides is 2. The van der Waals surface area contributed by atoms with Gasteiger partial charge in [0.15, 0.2) is 0 Å². The molecule has 1 saturated heterocycles. The highest BCUT2D eigenvalue weighted by molar-refractivity contribution is 6.01. The zero-order chi connectivity index (χ0) is 18.8. The summed E-state index contributed by atoms with van der Waals surface area (Å²) in [7, 11) is 0. The van der Waals surface area contributed by atoms with Gasteiger partial charge in [-0.25, -0.2) is 4.98 Å². The molecule has 2 unspecified atom stereocenters. The van der Waals surface area contributed by atoms with E-state index in [-0.39, 0.29) is 24.5 Å². The van der Waals surface area contributed by atoms with Gasteiger partial charge < -0.3 is 25.3 Å². The van der Waals surface area contributed by atoms with Gasteiger partial charge in [-0.1, -0.05) is 0 Å². The summed E-state index contributed by atoms with van der Waals surface area (Å²) in [5.74, 6) is 0.431. The second-order valence-corrected chi connectivity index (χ2v) is 6.75. The van der Waals surface area contributed by atoms with Gasteiger partial charge in [0.1, 0.15) is 19.0 Å². The van der Waals surface area contributed by atoms with Crippen LogP contribution in [0.15, 0.2) is 24.4 Å². The highest BCUT2D eigenvalue weighted by Gasteiger charge is 2.32. The lowest BCUT2D eigenvalue weighted by Gasteiger charge is -2.20. The van der Waals surface area contributed by atoms with Crippen molar-refractivity contribution in [3.05, 3.63) is 30.0 Å². The van der Waals surface area contributed by atoms with Gasteiger partial charge in [0, 0.05) is 24.6 Å². The minimum Gasteiger partial charge on any atom is -0.490 e. The van der Waals surface area contributed by atoms with E-state index in [4.69, 9.17) is 19.9 Å². The molecule has 0 radical (unpaired) electrons. The van der Waals surface area contributed by atoms with Crippen LogP contribution in [0.3, 0.4) is 0 Å². The number of primary amides is 1. The zero-order valence-corrected chi connectivity index (χ0v) is 14.8. The van der Waals surface area contributed by atoms with Gasteiger partial charge in [-0.05, 0) is 35.9 Å². The van der Waals surface area contributed by atoms with Gasteiger partial charge in [0.05, 0.1) is 18.2 Å². The number of benzene rings is 1. The molecule has 2 bridgehead atoms. The van der Waals surface area contributed by atoms with Crippen molar-refractivity contribution in [1.29, 1.82) is 0 Å². The molecule has 2 aromatic rings. The van der Waals surface area contributed by atoms with E-state index in [9.17, 15) is 9.59 Å². The predicted octanol–water partition coefficient (Wildman–Crippen LogP) is 1.02. The summed E-state index contributed by atoms with van der Waals surface area (Å²) in [6, 6.07) is 5.09. The summed E-state index contributed by atoms with van der Waals surface area (Å²) in [4.78, 5) is 27.9. The average Bonchev–Trinajstić information content (AvgIpc) is 3.01. The number of rotatable bonds is 1. The van der Waals surface area contributed by atoms with Gasteiger partial charge >= 0.3 is 0 Å². The van der Waals surface area contributed by atoms with Crippen molar-refractivity contribution in [3.63, 3.8) is 0 Å². The Morgan fingerprint density at radius 3 is 2.96 bits per heavy atom. The fourth-order valence-electron chi connectivity index (χ4n) is 3.56. The minimum atomic E-state index is -0.565. The van der Waals surface area contributed by atoms with Gasteiger partial charge in [-0.15, -0.1) is 0 Å². The largest absolute Gasteiger partial charge is 0.490 e. The Hall–Kier alpha value is -2.87. The molecule has 2 aliphatic heterocycles. The summed E-state index contributed by atoms with van der Waals surface area (Å²) in [5.41, 5.74) is 5.80. The molecule has 4 rings (SSSR count). The SMILES string of the molecule is NC(=O)c1cc2ccnc3c2cc1OCCOCCC1CC(=O)NC1CO3. The Morgan fingerprint density at radius 2 is 2.11 bits per heavy atom. The summed E-state index contributed by atoms with van der Waals surface area (Å²) in [6.07, 6.45) is 2.84. The first-order valence-corrected chi connectivity index (χ1v) is 8.97. The van der Waals surface area contributed by atoms with Gasteiger partial charge in [0.25, 0.3) is 5.91 Å². The van der Waals surface area contributed by atoms with Crippen LogP contribution in [0.5, 0.6) is 11.6 Å². The number of pyridine rings is 1. The van der Waals surface area contributed by atoms with E-state index in [1.807, 2.05) is 0 Å². The van der Waals surface area contributed by atoms with E-state index in [0.29, 0.717) is 43.4 Å². The highest BCUT2D eigenvalue weighted by atomic mass is 16.5. The van der Waals surface area contributed by atoms with Crippen LogP contribution in [-0.2, 0) is 9.53 Å². The smallest absolute Gasteiger partial charge is 0.252 e. The number of nitrogens with zero attached hydrogens (tertiary/aromatic N) is 1. The first kappa shape index (κ1) is 17.5. The van der Waals surface area contributed by atoms with Crippen LogP contribution in [0.1, 0.15) is 23.2 Å². The predicted molar refractivity (Wildman–Crippen MR) is 96.7 cm³/mol. The van der Waals surface area contributed by atoms with E-state index >= 15 is 0 Å². The summed E-state index contributed by atoms with van der Waals surface area (Å²) < 4.78 is 17.3. The number of aromatic nitrogens is 1. The van der Waals surface area contributed by atoms with E-state index in [2.05, 4.69) is 10.3 Å². The maximum atomic E-state index is 11.8. The molecule has 8 heteroatoms. The number of carbonyl (C=O) groups excluding carboxylic acids is 2. The Labute approximate surface area is 156 Å². The Morgan fingerprint density at radius 1 is 1.22 bits per heavy atom. The third-order valence-electron chi connectivity index (χ3n) is 4.97. The molecule has 1 aromatic heterocycles. The lowest BCUT2D eigenvalue weighted by molar-refractivity contribution is -0.119. The Bertz CT molecular complexity index is 885. The second kappa shape index (κ2) is 7.40. The molecule has 2 amide bonds. The third kappa shape index (κ3) is 3.66. The van der Waals surface area contributed by atoms with E-state index < -0.39 is 5.91 Å². The van der Waals surface area contributed by atoms with E-state index in [1.165, 1.54) is 0 Å². The molecule has 1 aromatic carbocycles. The number of ether oxygens (including phenoxy) is 3. The summed E-state index contributed by atoms with van der Waals surface area (Å²) in [6.45, 7) is 1.51. The number of fused-ring (bicyclic) bond motifs is 2. The van der Waals surface area contributed by atoms with Crippen molar-refractivity contribution in [1.82, 2.24) is 10.3 Å². The molecule has 142 valence electrons. The molecule has 0 saturated carbocycles. The zero-order valence-electron chi connectivity index (χ0n) is 14.8. The normalized spacial score (nSPS) is 23.0. The number of hydrogen-bond donors (Lipinski definition) is 2. The first-order valence-electron chi connectivity index (χ1n) is 8.97. The summed E-state index contributed by atoms with van der Waals surface area (Å²) >= 11 is 0. The lowest BCUT2D eigenvalue weighted by atomic mass is 9.98. The van der Waals surface area contributed by atoms with Crippen LogP contribution < -0.4 is 20.5 Å². The molecule has 3 heterocycles. The molecular formula is C19H21N3O5. The highest BCUT2D eigenvalue weighted by Crippen LogP contribution is 2.31. The Balaban J connectivity index is 1.71. The standard InChI is InChI=1S/C19H21N3O5/c20-18(24)14-7-11-1-3-21-19-13(11)9-16(14)26-6-5-25-4-2-12-8-17(23)22-15(12)10-27-19/h1,3,7,9,12,15H,2,4-6,8,10H2,(H2,20,24)(H,22,23). The van der Waals surface area contributed by atoms with Crippen LogP contribution >= 0.6 is 0 Å². The fourth-order valence-corrected chi connectivity index (χ4v) is 3.56. The summed E-state index contributed by atoms with van der Waals surface area (Å²) in [5, 5.41) is 4.46. The van der Waals surface area contributed by atoms with Crippen LogP contribution in [0.2, 0.25) is 0 Å². The van der Waals surface area contributed by atoms with Crippen LogP contribution in [0.25, 0.3) is 10.8 Å². The van der Waals surface area contributed by atoms with Gasteiger partial charge in [-0.3, -0.25) is 9.59 Å². The Kier molecular flexibility index (Phi) is 4.81. The fraction of sp³-hybridized carbons (Fsp3) is 0.421. The van der Waals surface area contributed by atoms with E-state index in [0.717, 1.165) is 17.2 Å². The van der Waals surface area contributed by atoms with Gasteiger partial charge in [-0.2, -0.15) is 0 Å². The molecule has 3 N–H and O–H groups in total. The molecule has 8 nitrogen and oxygen atoms in total. The third-order valence-corrected chi connectivity index (χ3v) is 4.97. The topological polar surface area (TPSA) is 113 Å². The average molecular weight is 371 g/mol. The van der Waals surface area contributed by atoms with E-state index in [1.54, 1.807) is 24.4 Å². The quantitative estimate of drug-likeness (QED) is 0.774. The van der Waals surface area contributed by atoms with Crippen molar-refractivity contribution < 1.29 is 23.8 Å².